The average molecular weight is 293 g/mol. The summed E-state index contributed by atoms with van der Waals surface area (Å²) in [5.74, 6) is -1.11. The van der Waals surface area contributed by atoms with Crippen molar-refractivity contribution in [3.05, 3.63) is 0 Å². The second kappa shape index (κ2) is 7.67. The first kappa shape index (κ1) is 17.8. The van der Waals surface area contributed by atoms with E-state index in [0.29, 0.717) is 12.8 Å². The highest BCUT2D eigenvalue weighted by Gasteiger charge is 2.42. The van der Waals surface area contributed by atoms with Gasteiger partial charge in [-0.15, -0.1) is 0 Å². The summed E-state index contributed by atoms with van der Waals surface area (Å²) < 4.78 is 38.4. The molecule has 20 heavy (non-hydrogen) atoms. The molecule has 1 N–H and O–H groups in total. The zero-order valence-electron chi connectivity index (χ0n) is 13.2. The molecule has 2 atom stereocenters. The van der Waals surface area contributed by atoms with Crippen LogP contribution >= 0.6 is 0 Å². The SMILES string of the molecule is CCCCCCC(C)(C)NC1CCCC(C(F)(F)F)C1. The van der Waals surface area contributed by atoms with E-state index >= 15 is 0 Å². The van der Waals surface area contributed by atoms with Crippen molar-refractivity contribution in [3.63, 3.8) is 0 Å². The van der Waals surface area contributed by atoms with Gasteiger partial charge in [0.25, 0.3) is 0 Å². The molecule has 1 fully saturated rings. The van der Waals surface area contributed by atoms with Gasteiger partial charge in [0, 0.05) is 11.6 Å². The first-order chi connectivity index (χ1) is 9.24. The van der Waals surface area contributed by atoms with Crippen LogP contribution in [-0.2, 0) is 0 Å². The van der Waals surface area contributed by atoms with Crippen LogP contribution in [0.4, 0.5) is 13.2 Å². The van der Waals surface area contributed by atoms with Gasteiger partial charge in [-0.2, -0.15) is 13.2 Å². The van der Waals surface area contributed by atoms with Gasteiger partial charge in [0.05, 0.1) is 5.92 Å². The minimum absolute atomic E-state index is 0.0246. The van der Waals surface area contributed by atoms with Gasteiger partial charge in [-0.3, -0.25) is 0 Å². The van der Waals surface area contributed by atoms with Gasteiger partial charge in [-0.05, 0) is 39.5 Å². The first-order valence-corrected chi connectivity index (χ1v) is 8.09. The van der Waals surface area contributed by atoms with Crippen molar-refractivity contribution in [2.75, 3.05) is 0 Å². The third-order valence-corrected chi connectivity index (χ3v) is 4.39. The van der Waals surface area contributed by atoms with Crippen LogP contribution in [0, 0.1) is 5.92 Å². The molecule has 0 saturated heterocycles. The Labute approximate surface area is 121 Å². The molecule has 0 aliphatic heterocycles. The van der Waals surface area contributed by atoms with E-state index in [9.17, 15) is 13.2 Å². The van der Waals surface area contributed by atoms with Crippen LogP contribution in [0.1, 0.15) is 78.6 Å². The maximum atomic E-state index is 12.8. The van der Waals surface area contributed by atoms with Gasteiger partial charge >= 0.3 is 6.18 Å². The van der Waals surface area contributed by atoms with Crippen molar-refractivity contribution < 1.29 is 13.2 Å². The molecule has 0 aromatic rings. The maximum absolute atomic E-state index is 12.8. The lowest BCUT2D eigenvalue weighted by Crippen LogP contribution is -2.49. The van der Waals surface area contributed by atoms with Crippen LogP contribution in [0.5, 0.6) is 0 Å². The molecule has 0 heterocycles. The van der Waals surface area contributed by atoms with Crippen LogP contribution in [0.2, 0.25) is 0 Å². The lowest BCUT2D eigenvalue weighted by Gasteiger charge is -2.37. The summed E-state index contributed by atoms with van der Waals surface area (Å²) in [5, 5.41) is 3.47. The molecular formula is C16H30F3N. The maximum Gasteiger partial charge on any atom is 0.391 e. The normalized spacial score (nSPS) is 24.9. The van der Waals surface area contributed by atoms with Gasteiger partial charge in [0.1, 0.15) is 0 Å². The zero-order valence-corrected chi connectivity index (χ0v) is 13.2. The summed E-state index contributed by atoms with van der Waals surface area (Å²) >= 11 is 0. The number of hydrogen-bond acceptors (Lipinski definition) is 1. The zero-order chi connectivity index (χ0) is 15.2. The van der Waals surface area contributed by atoms with Crippen LogP contribution in [0.3, 0.4) is 0 Å². The molecule has 1 aliphatic rings. The van der Waals surface area contributed by atoms with Crippen LogP contribution in [0.15, 0.2) is 0 Å². The lowest BCUT2D eigenvalue weighted by atomic mass is 9.83. The summed E-state index contributed by atoms with van der Waals surface area (Å²) in [6, 6.07) is 0.0246. The molecule has 1 rings (SSSR count). The molecule has 1 nitrogen and oxygen atoms in total. The highest BCUT2D eigenvalue weighted by atomic mass is 19.4. The summed E-state index contributed by atoms with van der Waals surface area (Å²) in [7, 11) is 0. The minimum atomic E-state index is -4.02. The third kappa shape index (κ3) is 6.47. The largest absolute Gasteiger partial charge is 0.391 e. The topological polar surface area (TPSA) is 12.0 Å². The van der Waals surface area contributed by atoms with Gasteiger partial charge in [-0.1, -0.05) is 39.0 Å². The smallest absolute Gasteiger partial charge is 0.309 e. The Kier molecular flexibility index (Phi) is 6.83. The fraction of sp³-hybridized carbons (Fsp3) is 1.00. The fourth-order valence-corrected chi connectivity index (χ4v) is 3.24. The van der Waals surface area contributed by atoms with Gasteiger partial charge in [0.2, 0.25) is 0 Å². The summed E-state index contributed by atoms with van der Waals surface area (Å²) in [6.07, 6.45) is 3.98. The Bertz CT molecular complexity index is 273. The molecule has 1 aliphatic carbocycles. The molecule has 2 unspecified atom stereocenters. The molecule has 4 heteroatoms. The quantitative estimate of drug-likeness (QED) is 0.616. The van der Waals surface area contributed by atoms with Crippen LogP contribution in [0.25, 0.3) is 0 Å². The van der Waals surface area contributed by atoms with E-state index in [2.05, 4.69) is 26.1 Å². The van der Waals surface area contributed by atoms with E-state index in [1.165, 1.54) is 19.3 Å². The second-order valence-electron chi connectivity index (χ2n) is 6.94. The number of nitrogens with one attached hydrogen (secondary N) is 1. The van der Waals surface area contributed by atoms with Crippen LogP contribution in [-0.4, -0.2) is 17.8 Å². The predicted molar refractivity (Wildman–Crippen MR) is 77.8 cm³/mol. The number of hydrogen-bond donors (Lipinski definition) is 1. The van der Waals surface area contributed by atoms with E-state index in [1.54, 1.807) is 0 Å². The number of alkyl halides is 3. The first-order valence-electron chi connectivity index (χ1n) is 8.09. The molecule has 120 valence electrons. The van der Waals surface area contributed by atoms with E-state index in [-0.39, 0.29) is 18.0 Å². The number of rotatable bonds is 7. The number of unbranched alkanes of at least 4 members (excludes halogenated alkanes) is 3. The standard InChI is InChI=1S/C16H30F3N/c1-4-5-6-7-11-15(2,3)20-14-10-8-9-13(12-14)16(17,18)19/h13-14,20H,4-12H2,1-3H3. The molecule has 0 amide bonds. The molecule has 0 spiro atoms. The average Bonchev–Trinajstić information content (AvgIpc) is 2.33. The summed E-state index contributed by atoms with van der Waals surface area (Å²) in [6.45, 7) is 6.43. The molecule has 0 bridgehead atoms. The Balaban J connectivity index is 2.38. The van der Waals surface area contributed by atoms with Crippen molar-refractivity contribution in [2.24, 2.45) is 5.92 Å². The highest BCUT2D eigenvalue weighted by molar-refractivity contribution is 4.87. The van der Waals surface area contributed by atoms with Crippen molar-refractivity contribution in [3.8, 4) is 0 Å². The molecule has 1 saturated carbocycles. The van der Waals surface area contributed by atoms with Crippen molar-refractivity contribution in [2.45, 2.75) is 96.3 Å². The molecule has 0 radical (unpaired) electrons. The van der Waals surface area contributed by atoms with E-state index in [1.807, 2.05) is 0 Å². The van der Waals surface area contributed by atoms with Crippen molar-refractivity contribution in [1.29, 1.82) is 0 Å². The van der Waals surface area contributed by atoms with Crippen molar-refractivity contribution in [1.82, 2.24) is 5.32 Å². The van der Waals surface area contributed by atoms with Gasteiger partial charge in [-0.25, -0.2) is 0 Å². The second-order valence-corrected chi connectivity index (χ2v) is 6.94. The molecular weight excluding hydrogens is 263 g/mol. The van der Waals surface area contributed by atoms with Gasteiger partial charge < -0.3 is 5.32 Å². The van der Waals surface area contributed by atoms with Gasteiger partial charge in [0.15, 0.2) is 0 Å². The summed E-state index contributed by atoms with van der Waals surface area (Å²) in [5.41, 5.74) is -0.0497. The van der Waals surface area contributed by atoms with E-state index in [4.69, 9.17) is 0 Å². The Hall–Kier alpha value is -0.250. The lowest BCUT2D eigenvalue weighted by molar-refractivity contribution is -0.184. The Morgan fingerprint density at radius 3 is 2.35 bits per heavy atom. The van der Waals surface area contributed by atoms with E-state index in [0.717, 1.165) is 19.3 Å². The summed E-state index contributed by atoms with van der Waals surface area (Å²) in [4.78, 5) is 0. The number of halogens is 3. The fourth-order valence-electron chi connectivity index (χ4n) is 3.24. The van der Waals surface area contributed by atoms with E-state index < -0.39 is 12.1 Å². The predicted octanol–water partition coefficient (Wildman–Crippen LogP) is 5.45. The monoisotopic (exact) mass is 293 g/mol. The molecule has 0 aromatic carbocycles. The third-order valence-electron chi connectivity index (χ3n) is 4.39. The Morgan fingerprint density at radius 1 is 1.05 bits per heavy atom. The highest BCUT2D eigenvalue weighted by Crippen LogP contribution is 2.38. The Morgan fingerprint density at radius 2 is 1.75 bits per heavy atom. The molecule has 0 aromatic heterocycles. The minimum Gasteiger partial charge on any atom is -0.309 e. The van der Waals surface area contributed by atoms with Crippen molar-refractivity contribution >= 4 is 0 Å². The van der Waals surface area contributed by atoms with Crippen LogP contribution < -0.4 is 5.32 Å².